The monoisotopic (exact) mass is 235 g/mol. The van der Waals surface area contributed by atoms with Crippen molar-refractivity contribution in [1.29, 1.82) is 0 Å². The Hall–Kier alpha value is -1.26. The van der Waals surface area contributed by atoms with Crippen LogP contribution in [0.2, 0.25) is 0 Å². The van der Waals surface area contributed by atoms with Gasteiger partial charge in [-0.1, -0.05) is 12.1 Å². The zero-order chi connectivity index (χ0) is 11.7. The summed E-state index contributed by atoms with van der Waals surface area (Å²) in [7, 11) is 0. The molecule has 0 aromatic heterocycles. The highest BCUT2D eigenvalue weighted by atomic mass is 16.7. The van der Waals surface area contributed by atoms with Gasteiger partial charge in [-0.25, -0.2) is 0 Å². The maximum Gasteiger partial charge on any atom is 0.231 e. The zero-order valence-corrected chi connectivity index (χ0v) is 9.99. The van der Waals surface area contributed by atoms with E-state index in [1.807, 2.05) is 12.1 Å². The predicted octanol–water partition coefficient (Wildman–Crippen LogP) is 1.68. The van der Waals surface area contributed by atoms with Gasteiger partial charge < -0.3 is 19.5 Å². The van der Waals surface area contributed by atoms with Gasteiger partial charge in [0.15, 0.2) is 11.5 Å². The average molecular weight is 235 g/mol. The van der Waals surface area contributed by atoms with Crippen molar-refractivity contribution in [3.05, 3.63) is 23.8 Å². The van der Waals surface area contributed by atoms with Gasteiger partial charge in [-0.3, -0.25) is 0 Å². The normalized spacial score (nSPS) is 26.4. The maximum atomic E-state index is 5.48. The smallest absolute Gasteiger partial charge is 0.231 e. The third-order valence-electron chi connectivity index (χ3n) is 3.40. The Morgan fingerprint density at radius 2 is 2.29 bits per heavy atom. The maximum absolute atomic E-state index is 5.48. The van der Waals surface area contributed by atoms with Crippen molar-refractivity contribution in [2.75, 3.05) is 20.0 Å². The van der Waals surface area contributed by atoms with Gasteiger partial charge in [0.1, 0.15) is 0 Å². The summed E-state index contributed by atoms with van der Waals surface area (Å²) in [5, 5.41) is 3.54. The lowest BCUT2D eigenvalue weighted by Crippen LogP contribution is -2.42. The van der Waals surface area contributed by atoms with E-state index < -0.39 is 0 Å². The molecule has 2 aliphatic rings. The molecule has 1 aromatic carbocycles. The molecule has 17 heavy (non-hydrogen) atoms. The van der Waals surface area contributed by atoms with E-state index >= 15 is 0 Å². The summed E-state index contributed by atoms with van der Waals surface area (Å²) in [4.78, 5) is 0. The number of hydrogen-bond donors (Lipinski definition) is 1. The highest BCUT2D eigenvalue weighted by molar-refractivity contribution is 5.48. The lowest BCUT2D eigenvalue weighted by atomic mass is 10.0. The molecule has 1 N–H and O–H groups in total. The van der Waals surface area contributed by atoms with Gasteiger partial charge >= 0.3 is 0 Å². The molecule has 0 aliphatic carbocycles. The Balaban J connectivity index is 1.71. The molecule has 0 radical (unpaired) electrons. The van der Waals surface area contributed by atoms with Crippen molar-refractivity contribution in [3.63, 3.8) is 0 Å². The molecule has 1 aromatic rings. The van der Waals surface area contributed by atoms with Crippen LogP contribution in [0.4, 0.5) is 0 Å². The highest BCUT2D eigenvalue weighted by Crippen LogP contribution is 2.35. The summed E-state index contributed by atoms with van der Waals surface area (Å²) in [6.07, 6.45) is 1.05. The van der Waals surface area contributed by atoms with Crippen LogP contribution in [0.5, 0.6) is 11.5 Å². The van der Waals surface area contributed by atoms with Crippen LogP contribution in [0.3, 0.4) is 0 Å². The molecule has 1 unspecified atom stereocenters. The molecule has 1 saturated heterocycles. The lowest BCUT2D eigenvalue weighted by molar-refractivity contribution is 0.168. The van der Waals surface area contributed by atoms with Gasteiger partial charge in [-0.2, -0.15) is 0 Å². The van der Waals surface area contributed by atoms with Crippen molar-refractivity contribution in [3.8, 4) is 11.5 Å². The zero-order valence-electron chi connectivity index (χ0n) is 9.99. The number of ether oxygens (including phenoxy) is 3. The number of benzene rings is 1. The fourth-order valence-corrected chi connectivity index (χ4v) is 2.24. The van der Waals surface area contributed by atoms with E-state index in [2.05, 4.69) is 18.3 Å². The summed E-state index contributed by atoms with van der Waals surface area (Å²) < 4.78 is 16.3. The van der Waals surface area contributed by atoms with Crippen LogP contribution in [0.25, 0.3) is 0 Å². The minimum Gasteiger partial charge on any atom is -0.454 e. The summed E-state index contributed by atoms with van der Waals surface area (Å²) in [6, 6.07) is 6.00. The number of rotatable bonds is 3. The van der Waals surface area contributed by atoms with Crippen molar-refractivity contribution in [1.82, 2.24) is 5.32 Å². The highest BCUT2D eigenvalue weighted by Gasteiger charge is 2.29. The topological polar surface area (TPSA) is 39.7 Å². The van der Waals surface area contributed by atoms with E-state index in [0.29, 0.717) is 6.79 Å². The molecule has 2 aliphatic heterocycles. The SMILES string of the molecule is CC1(NCc2cccc3c2OCO3)CCOC1. The van der Waals surface area contributed by atoms with Crippen LogP contribution in [0.15, 0.2) is 18.2 Å². The van der Waals surface area contributed by atoms with Gasteiger partial charge in [0.05, 0.1) is 6.61 Å². The standard InChI is InChI=1S/C13H17NO3/c1-13(5-6-15-8-13)14-7-10-3-2-4-11-12(10)17-9-16-11/h2-4,14H,5-9H2,1H3. The van der Waals surface area contributed by atoms with Crippen LogP contribution in [0, 0.1) is 0 Å². The van der Waals surface area contributed by atoms with Crippen LogP contribution >= 0.6 is 0 Å². The molecule has 4 nitrogen and oxygen atoms in total. The number of para-hydroxylation sites is 1. The molecule has 1 atom stereocenters. The van der Waals surface area contributed by atoms with E-state index in [-0.39, 0.29) is 5.54 Å². The first-order valence-electron chi connectivity index (χ1n) is 5.97. The fraction of sp³-hybridized carbons (Fsp3) is 0.538. The number of fused-ring (bicyclic) bond motifs is 1. The molecular formula is C13H17NO3. The quantitative estimate of drug-likeness (QED) is 0.865. The van der Waals surface area contributed by atoms with E-state index in [1.54, 1.807) is 0 Å². The van der Waals surface area contributed by atoms with Crippen LogP contribution in [-0.2, 0) is 11.3 Å². The molecule has 2 heterocycles. The molecule has 0 saturated carbocycles. The van der Waals surface area contributed by atoms with Gasteiger partial charge in [0, 0.05) is 24.3 Å². The first-order valence-corrected chi connectivity index (χ1v) is 5.97. The molecule has 0 spiro atoms. The predicted molar refractivity (Wildman–Crippen MR) is 63.2 cm³/mol. The molecule has 92 valence electrons. The molecule has 1 fully saturated rings. The molecule has 3 rings (SSSR count). The molecule has 4 heteroatoms. The first-order chi connectivity index (χ1) is 8.27. The Labute approximate surface area is 101 Å². The summed E-state index contributed by atoms with van der Waals surface area (Å²) in [5.41, 5.74) is 1.23. The molecule has 0 bridgehead atoms. The minimum atomic E-state index is 0.0855. The van der Waals surface area contributed by atoms with Crippen LogP contribution < -0.4 is 14.8 Å². The average Bonchev–Trinajstić information content (AvgIpc) is 2.95. The summed E-state index contributed by atoms with van der Waals surface area (Å²) in [6.45, 7) is 4.93. The van der Waals surface area contributed by atoms with Crippen LogP contribution in [-0.4, -0.2) is 25.5 Å². The Kier molecular flexibility index (Phi) is 2.68. The molecule has 0 amide bonds. The third kappa shape index (κ3) is 2.10. The summed E-state index contributed by atoms with van der Waals surface area (Å²) in [5.74, 6) is 1.72. The number of nitrogens with one attached hydrogen (secondary N) is 1. The number of hydrogen-bond acceptors (Lipinski definition) is 4. The minimum absolute atomic E-state index is 0.0855. The van der Waals surface area contributed by atoms with E-state index in [1.165, 1.54) is 0 Å². The second-order valence-electron chi connectivity index (χ2n) is 4.87. The van der Waals surface area contributed by atoms with Gasteiger partial charge in [0.2, 0.25) is 6.79 Å². The third-order valence-corrected chi connectivity index (χ3v) is 3.40. The second-order valence-corrected chi connectivity index (χ2v) is 4.87. The van der Waals surface area contributed by atoms with Gasteiger partial charge in [-0.15, -0.1) is 0 Å². The van der Waals surface area contributed by atoms with E-state index in [0.717, 1.165) is 43.2 Å². The Morgan fingerprint density at radius 1 is 1.35 bits per heavy atom. The Morgan fingerprint density at radius 3 is 3.12 bits per heavy atom. The van der Waals surface area contributed by atoms with Crippen molar-refractivity contribution in [2.24, 2.45) is 0 Å². The van der Waals surface area contributed by atoms with E-state index in [9.17, 15) is 0 Å². The summed E-state index contributed by atoms with van der Waals surface area (Å²) >= 11 is 0. The lowest BCUT2D eigenvalue weighted by Gasteiger charge is -2.23. The molecular weight excluding hydrogens is 218 g/mol. The second kappa shape index (κ2) is 4.20. The van der Waals surface area contributed by atoms with Gasteiger partial charge in [-0.05, 0) is 19.4 Å². The Bertz CT molecular complexity index is 413. The van der Waals surface area contributed by atoms with Crippen molar-refractivity contribution < 1.29 is 14.2 Å². The van der Waals surface area contributed by atoms with Gasteiger partial charge in [0.25, 0.3) is 0 Å². The fourth-order valence-electron chi connectivity index (χ4n) is 2.24. The van der Waals surface area contributed by atoms with Crippen molar-refractivity contribution in [2.45, 2.75) is 25.4 Å². The largest absolute Gasteiger partial charge is 0.454 e. The van der Waals surface area contributed by atoms with Crippen molar-refractivity contribution >= 4 is 0 Å². The van der Waals surface area contributed by atoms with E-state index in [4.69, 9.17) is 14.2 Å². The van der Waals surface area contributed by atoms with Crippen LogP contribution in [0.1, 0.15) is 18.9 Å². The first kappa shape index (κ1) is 10.9.